The Labute approximate surface area is 123 Å². The van der Waals surface area contributed by atoms with Gasteiger partial charge < -0.3 is 5.32 Å². The van der Waals surface area contributed by atoms with Gasteiger partial charge in [-0.3, -0.25) is 4.79 Å². The van der Waals surface area contributed by atoms with E-state index in [1.165, 1.54) is 15.3 Å². The monoisotopic (exact) mass is 314 g/mol. The molecule has 0 atom stereocenters. The molecule has 1 fully saturated rings. The molecule has 0 aliphatic carbocycles. The van der Waals surface area contributed by atoms with Gasteiger partial charge in [0, 0.05) is 35.5 Å². The van der Waals surface area contributed by atoms with Crippen molar-refractivity contribution < 1.29 is 13.2 Å². The Balaban J connectivity index is 1.74. The van der Waals surface area contributed by atoms with Gasteiger partial charge in [0.2, 0.25) is 15.9 Å². The number of thiophene rings is 1. The fourth-order valence-electron chi connectivity index (χ4n) is 2.01. The first kappa shape index (κ1) is 15.2. The van der Waals surface area contributed by atoms with Crippen molar-refractivity contribution >= 4 is 33.3 Å². The van der Waals surface area contributed by atoms with Crippen LogP contribution in [0, 0.1) is 6.92 Å². The van der Waals surface area contributed by atoms with Gasteiger partial charge in [-0.05, 0) is 31.6 Å². The highest BCUT2D eigenvalue weighted by molar-refractivity contribution is 7.89. The SMILES string of the molecule is Cc1ccc(/C=C\C(=O)NCCN2CCCS2(=O)=O)s1. The number of sulfonamides is 1. The molecule has 110 valence electrons. The van der Waals surface area contributed by atoms with E-state index in [0.717, 1.165) is 4.88 Å². The fraction of sp³-hybridized carbons (Fsp3) is 0.462. The Bertz CT molecular complexity index is 605. The number of hydrogen-bond acceptors (Lipinski definition) is 4. The van der Waals surface area contributed by atoms with E-state index in [1.54, 1.807) is 17.4 Å². The molecule has 1 aromatic heterocycles. The summed E-state index contributed by atoms with van der Waals surface area (Å²) in [6.07, 6.45) is 3.91. The van der Waals surface area contributed by atoms with Gasteiger partial charge >= 0.3 is 0 Å². The van der Waals surface area contributed by atoms with Crippen molar-refractivity contribution in [3.05, 3.63) is 28.0 Å². The molecule has 1 N–H and O–H groups in total. The highest BCUT2D eigenvalue weighted by atomic mass is 32.2. The van der Waals surface area contributed by atoms with Gasteiger partial charge in [0.15, 0.2) is 0 Å². The third kappa shape index (κ3) is 4.16. The standard InChI is InChI=1S/C13H18N2O3S2/c1-11-3-4-12(19-11)5-6-13(16)14-7-9-15-8-2-10-20(15,17)18/h3-6H,2,7-10H2,1H3,(H,14,16)/b6-5-. The molecule has 2 rings (SSSR count). The van der Waals surface area contributed by atoms with Crippen LogP contribution in [-0.4, -0.2) is 44.0 Å². The van der Waals surface area contributed by atoms with E-state index in [1.807, 2.05) is 19.1 Å². The zero-order valence-electron chi connectivity index (χ0n) is 11.3. The molecule has 0 aromatic carbocycles. The molecule has 1 aromatic rings. The third-order valence-corrected chi connectivity index (χ3v) is 5.95. The Morgan fingerprint density at radius 1 is 1.50 bits per heavy atom. The largest absolute Gasteiger partial charge is 0.351 e. The lowest BCUT2D eigenvalue weighted by atomic mass is 10.4. The van der Waals surface area contributed by atoms with Crippen LogP contribution in [0.15, 0.2) is 18.2 Å². The molecule has 5 nitrogen and oxygen atoms in total. The number of carbonyl (C=O) groups is 1. The fourth-order valence-corrected chi connectivity index (χ4v) is 4.31. The number of amides is 1. The molecule has 0 saturated carbocycles. The van der Waals surface area contributed by atoms with Gasteiger partial charge in [-0.1, -0.05) is 0 Å². The third-order valence-electron chi connectivity index (χ3n) is 3.02. The van der Waals surface area contributed by atoms with Crippen LogP contribution in [0.1, 0.15) is 16.2 Å². The summed E-state index contributed by atoms with van der Waals surface area (Å²) < 4.78 is 24.5. The summed E-state index contributed by atoms with van der Waals surface area (Å²) in [4.78, 5) is 13.8. The smallest absolute Gasteiger partial charge is 0.244 e. The number of rotatable bonds is 5. The summed E-state index contributed by atoms with van der Waals surface area (Å²) in [5.41, 5.74) is 0. The maximum Gasteiger partial charge on any atom is 0.244 e. The lowest BCUT2D eigenvalue weighted by molar-refractivity contribution is -0.116. The molecule has 0 bridgehead atoms. The van der Waals surface area contributed by atoms with E-state index in [0.29, 0.717) is 26.1 Å². The zero-order valence-corrected chi connectivity index (χ0v) is 13.0. The first-order valence-electron chi connectivity index (χ1n) is 6.47. The van der Waals surface area contributed by atoms with Crippen LogP contribution in [0.3, 0.4) is 0 Å². The Morgan fingerprint density at radius 3 is 2.90 bits per heavy atom. The summed E-state index contributed by atoms with van der Waals surface area (Å²) >= 11 is 1.62. The van der Waals surface area contributed by atoms with Crippen molar-refractivity contribution in [3.63, 3.8) is 0 Å². The molecule has 20 heavy (non-hydrogen) atoms. The van der Waals surface area contributed by atoms with Gasteiger partial charge in [-0.2, -0.15) is 0 Å². The van der Waals surface area contributed by atoms with Gasteiger partial charge in [0.25, 0.3) is 0 Å². The minimum atomic E-state index is -3.07. The van der Waals surface area contributed by atoms with E-state index in [4.69, 9.17) is 0 Å². The maximum atomic E-state index is 11.6. The normalized spacial score (nSPS) is 18.6. The number of aryl methyl sites for hydroxylation is 1. The molecule has 1 aliphatic heterocycles. The van der Waals surface area contributed by atoms with E-state index in [-0.39, 0.29) is 11.7 Å². The maximum absolute atomic E-state index is 11.6. The molecule has 1 saturated heterocycles. The number of carbonyl (C=O) groups excluding carboxylic acids is 1. The van der Waals surface area contributed by atoms with E-state index >= 15 is 0 Å². The van der Waals surface area contributed by atoms with Crippen molar-refractivity contribution in [2.45, 2.75) is 13.3 Å². The van der Waals surface area contributed by atoms with Crippen LogP contribution in [0.2, 0.25) is 0 Å². The highest BCUT2D eigenvalue weighted by Gasteiger charge is 2.27. The minimum absolute atomic E-state index is 0.201. The molecule has 2 heterocycles. The van der Waals surface area contributed by atoms with Crippen molar-refractivity contribution in [3.8, 4) is 0 Å². The van der Waals surface area contributed by atoms with Crippen LogP contribution in [0.4, 0.5) is 0 Å². The molecule has 0 radical (unpaired) electrons. The van der Waals surface area contributed by atoms with Gasteiger partial charge in [0.05, 0.1) is 5.75 Å². The topological polar surface area (TPSA) is 66.5 Å². The van der Waals surface area contributed by atoms with Gasteiger partial charge in [0.1, 0.15) is 0 Å². The van der Waals surface area contributed by atoms with E-state index in [2.05, 4.69) is 5.32 Å². The Kier molecular flexibility index (Phi) is 4.95. The zero-order chi connectivity index (χ0) is 14.6. The first-order chi connectivity index (χ1) is 9.47. The predicted octanol–water partition coefficient (Wildman–Crippen LogP) is 1.22. The van der Waals surface area contributed by atoms with E-state index < -0.39 is 10.0 Å². The second-order valence-electron chi connectivity index (χ2n) is 4.64. The van der Waals surface area contributed by atoms with Crippen LogP contribution >= 0.6 is 11.3 Å². The minimum Gasteiger partial charge on any atom is -0.351 e. The molecule has 0 unspecified atom stereocenters. The van der Waals surface area contributed by atoms with Gasteiger partial charge in [-0.15, -0.1) is 11.3 Å². The van der Waals surface area contributed by atoms with Crippen molar-refractivity contribution in [1.29, 1.82) is 0 Å². The summed E-state index contributed by atoms with van der Waals surface area (Å²) in [7, 11) is -3.07. The second kappa shape index (κ2) is 6.51. The summed E-state index contributed by atoms with van der Waals surface area (Å²) in [6, 6.07) is 3.96. The van der Waals surface area contributed by atoms with E-state index in [9.17, 15) is 13.2 Å². The number of hydrogen-bond donors (Lipinski definition) is 1. The summed E-state index contributed by atoms with van der Waals surface area (Å²) in [6.45, 7) is 3.26. The van der Waals surface area contributed by atoms with Gasteiger partial charge in [-0.25, -0.2) is 12.7 Å². The molecular weight excluding hydrogens is 296 g/mol. The number of nitrogens with one attached hydrogen (secondary N) is 1. The highest BCUT2D eigenvalue weighted by Crippen LogP contribution is 2.16. The Morgan fingerprint density at radius 2 is 2.30 bits per heavy atom. The lowest BCUT2D eigenvalue weighted by Crippen LogP contribution is -2.35. The summed E-state index contributed by atoms with van der Waals surface area (Å²) in [5, 5.41) is 2.70. The first-order valence-corrected chi connectivity index (χ1v) is 8.90. The lowest BCUT2D eigenvalue weighted by Gasteiger charge is -2.13. The average Bonchev–Trinajstić information content (AvgIpc) is 2.93. The van der Waals surface area contributed by atoms with Crippen LogP contribution in [0.5, 0.6) is 0 Å². The van der Waals surface area contributed by atoms with Crippen molar-refractivity contribution in [2.24, 2.45) is 0 Å². The quantitative estimate of drug-likeness (QED) is 0.831. The van der Waals surface area contributed by atoms with Crippen molar-refractivity contribution in [2.75, 3.05) is 25.4 Å². The Hall–Kier alpha value is -1.18. The molecule has 1 aliphatic rings. The second-order valence-corrected chi connectivity index (χ2v) is 8.05. The van der Waals surface area contributed by atoms with Crippen molar-refractivity contribution in [1.82, 2.24) is 9.62 Å². The predicted molar refractivity (Wildman–Crippen MR) is 81.1 cm³/mol. The van der Waals surface area contributed by atoms with Crippen LogP contribution in [0.25, 0.3) is 6.08 Å². The van der Waals surface area contributed by atoms with Crippen LogP contribution in [-0.2, 0) is 14.8 Å². The number of nitrogens with zero attached hydrogens (tertiary/aromatic N) is 1. The molecule has 0 spiro atoms. The van der Waals surface area contributed by atoms with Crippen LogP contribution < -0.4 is 5.32 Å². The molecule has 1 amide bonds. The molecule has 7 heteroatoms. The summed E-state index contributed by atoms with van der Waals surface area (Å²) in [5.74, 6) is 0.0196. The molecular formula is C13H18N2O3S2. The average molecular weight is 314 g/mol.